The highest BCUT2D eigenvalue weighted by molar-refractivity contribution is 7.98. The Morgan fingerprint density at radius 2 is 1.88 bits per heavy atom. The van der Waals surface area contributed by atoms with Gasteiger partial charge in [-0.3, -0.25) is 4.79 Å². The average Bonchev–Trinajstić information content (AvgIpc) is 2.25. The lowest BCUT2D eigenvalue weighted by atomic mass is 9.98. The van der Waals surface area contributed by atoms with Crippen LogP contribution in [0.3, 0.4) is 0 Å². The Balaban J connectivity index is 3.06. The van der Waals surface area contributed by atoms with Crippen LogP contribution in [0.15, 0.2) is 0 Å². The number of nitrogens with zero attached hydrogens (tertiary/aromatic N) is 2. The highest BCUT2D eigenvalue weighted by Crippen LogP contribution is 2.22. The monoisotopic (exact) mass is 254 g/mol. The third kappa shape index (κ3) is 3.43. The minimum absolute atomic E-state index is 0.553. The van der Waals surface area contributed by atoms with Crippen molar-refractivity contribution in [1.82, 2.24) is 9.97 Å². The van der Waals surface area contributed by atoms with Gasteiger partial charge in [-0.2, -0.15) is 11.8 Å². The van der Waals surface area contributed by atoms with E-state index in [4.69, 9.17) is 5.11 Å². The third-order valence-electron chi connectivity index (χ3n) is 2.61. The first-order chi connectivity index (χ1) is 7.97. The molecule has 0 aliphatic carbocycles. The largest absolute Gasteiger partial charge is 0.481 e. The number of aliphatic carboxylic acids is 1. The van der Waals surface area contributed by atoms with Gasteiger partial charge in [0.05, 0.1) is 11.7 Å². The number of aryl methyl sites for hydroxylation is 2. The van der Waals surface area contributed by atoms with Gasteiger partial charge in [0, 0.05) is 17.0 Å². The molecule has 0 bridgehead atoms. The number of aromatic nitrogens is 2. The number of carboxylic acids is 1. The predicted octanol–water partition coefficient (Wildman–Crippen LogP) is 2.53. The first-order valence-electron chi connectivity index (χ1n) is 5.61. The average molecular weight is 254 g/mol. The van der Waals surface area contributed by atoms with Gasteiger partial charge in [0.2, 0.25) is 0 Å². The van der Waals surface area contributed by atoms with E-state index in [1.54, 1.807) is 18.7 Å². The van der Waals surface area contributed by atoms with E-state index in [2.05, 4.69) is 16.9 Å². The molecule has 1 heterocycles. The van der Waals surface area contributed by atoms with Gasteiger partial charge in [-0.1, -0.05) is 6.92 Å². The van der Waals surface area contributed by atoms with E-state index in [9.17, 15) is 4.79 Å². The summed E-state index contributed by atoms with van der Waals surface area (Å²) in [5.41, 5.74) is 2.29. The van der Waals surface area contributed by atoms with Gasteiger partial charge in [-0.25, -0.2) is 9.97 Å². The highest BCUT2D eigenvalue weighted by Gasteiger charge is 2.20. The maximum Gasteiger partial charge on any atom is 0.310 e. The van der Waals surface area contributed by atoms with Crippen LogP contribution in [0.4, 0.5) is 0 Å². The Bertz CT molecular complexity index is 398. The van der Waals surface area contributed by atoms with Crippen LogP contribution in [-0.2, 0) is 10.5 Å². The number of carboxylic acid groups (broad SMARTS) is 1. The fourth-order valence-corrected chi connectivity index (χ4v) is 2.32. The van der Waals surface area contributed by atoms with Gasteiger partial charge >= 0.3 is 5.97 Å². The van der Waals surface area contributed by atoms with Crippen LogP contribution in [0.2, 0.25) is 0 Å². The summed E-state index contributed by atoms with van der Waals surface area (Å²) >= 11 is 1.76. The zero-order chi connectivity index (χ0) is 13.0. The Morgan fingerprint density at radius 3 is 2.29 bits per heavy atom. The van der Waals surface area contributed by atoms with E-state index in [0.29, 0.717) is 0 Å². The Hall–Kier alpha value is -1.10. The Labute approximate surface area is 106 Å². The van der Waals surface area contributed by atoms with Crippen molar-refractivity contribution in [2.45, 2.75) is 39.4 Å². The van der Waals surface area contributed by atoms with Crippen LogP contribution < -0.4 is 0 Å². The van der Waals surface area contributed by atoms with Crippen molar-refractivity contribution in [3.05, 3.63) is 22.8 Å². The van der Waals surface area contributed by atoms with Gasteiger partial charge in [0.25, 0.3) is 0 Å². The molecule has 1 aromatic rings. The first-order valence-corrected chi connectivity index (χ1v) is 6.77. The van der Waals surface area contributed by atoms with Crippen molar-refractivity contribution < 1.29 is 9.90 Å². The lowest BCUT2D eigenvalue weighted by molar-refractivity contribution is -0.138. The molecule has 0 fully saturated rings. The van der Waals surface area contributed by atoms with Crippen molar-refractivity contribution in [3.63, 3.8) is 0 Å². The molecule has 0 aliphatic heterocycles. The molecule has 1 aromatic heterocycles. The second-order valence-electron chi connectivity index (χ2n) is 3.92. The maximum atomic E-state index is 11.0. The quantitative estimate of drug-likeness (QED) is 0.874. The zero-order valence-corrected chi connectivity index (χ0v) is 11.5. The summed E-state index contributed by atoms with van der Waals surface area (Å²) in [6.45, 7) is 7.46. The summed E-state index contributed by atoms with van der Waals surface area (Å²) in [7, 11) is 0. The molecule has 0 radical (unpaired) electrons. The van der Waals surface area contributed by atoms with E-state index in [-0.39, 0.29) is 0 Å². The van der Waals surface area contributed by atoms with E-state index in [0.717, 1.165) is 34.3 Å². The smallest absolute Gasteiger partial charge is 0.310 e. The minimum Gasteiger partial charge on any atom is -0.481 e. The van der Waals surface area contributed by atoms with Crippen molar-refractivity contribution >= 4 is 17.7 Å². The van der Waals surface area contributed by atoms with Gasteiger partial charge in [-0.05, 0) is 26.5 Å². The van der Waals surface area contributed by atoms with Crippen LogP contribution in [0.25, 0.3) is 0 Å². The predicted molar refractivity (Wildman–Crippen MR) is 69.4 cm³/mol. The number of hydrogen-bond acceptors (Lipinski definition) is 4. The van der Waals surface area contributed by atoms with Crippen molar-refractivity contribution in [2.24, 2.45) is 0 Å². The summed E-state index contributed by atoms with van der Waals surface area (Å²) in [6, 6.07) is 0. The fourth-order valence-electron chi connectivity index (χ4n) is 1.80. The highest BCUT2D eigenvalue weighted by atomic mass is 32.2. The van der Waals surface area contributed by atoms with Gasteiger partial charge in [0.15, 0.2) is 0 Å². The molecule has 1 rings (SSSR count). The van der Waals surface area contributed by atoms with Gasteiger partial charge in [0.1, 0.15) is 5.82 Å². The zero-order valence-electron chi connectivity index (χ0n) is 10.6. The first kappa shape index (κ1) is 14.0. The molecule has 0 aromatic carbocycles. The minimum atomic E-state index is -0.838. The van der Waals surface area contributed by atoms with Crippen molar-refractivity contribution in [3.8, 4) is 0 Å². The van der Waals surface area contributed by atoms with E-state index in [1.807, 2.05) is 13.8 Å². The maximum absolute atomic E-state index is 11.0. The number of rotatable bonds is 5. The van der Waals surface area contributed by atoms with Crippen LogP contribution in [0.1, 0.15) is 42.5 Å². The molecule has 0 amide bonds. The molecule has 0 spiro atoms. The second kappa shape index (κ2) is 6.00. The summed E-state index contributed by atoms with van der Waals surface area (Å²) in [4.78, 5) is 19.8. The van der Waals surface area contributed by atoms with Gasteiger partial charge in [-0.15, -0.1) is 0 Å². The summed E-state index contributed by atoms with van der Waals surface area (Å²) < 4.78 is 0. The number of thioether (sulfide) groups is 1. The molecule has 94 valence electrons. The molecule has 1 atom stereocenters. The fraction of sp³-hybridized carbons (Fsp3) is 0.583. The molecule has 0 aliphatic rings. The molecule has 0 saturated carbocycles. The summed E-state index contributed by atoms with van der Waals surface area (Å²) in [5.74, 6) is 1.20. The summed E-state index contributed by atoms with van der Waals surface area (Å²) in [6.07, 6.45) is 0. The number of carbonyl (C=O) groups is 1. The van der Waals surface area contributed by atoms with Crippen molar-refractivity contribution in [1.29, 1.82) is 0 Å². The molecular formula is C12H18N2O2S. The Kier molecular flexibility index (Phi) is 4.93. The molecule has 5 heteroatoms. The second-order valence-corrected chi connectivity index (χ2v) is 5.20. The van der Waals surface area contributed by atoms with E-state index >= 15 is 0 Å². The molecule has 0 saturated heterocycles. The van der Waals surface area contributed by atoms with Crippen LogP contribution in [-0.4, -0.2) is 26.8 Å². The van der Waals surface area contributed by atoms with Crippen molar-refractivity contribution in [2.75, 3.05) is 5.75 Å². The topological polar surface area (TPSA) is 63.1 Å². The molecule has 4 nitrogen and oxygen atoms in total. The van der Waals surface area contributed by atoms with E-state index < -0.39 is 11.9 Å². The lowest BCUT2D eigenvalue weighted by Crippen LogP contribution is -2.14. The Morgan fingerprint density at radius 1 is 1.35 bits per heavy atom. The standard InChI is InChI=1S/C12H18N2O2S/c1-5-17-6-10-13-8(3)11(9(4)14-10)7(2)12(15)16/h7H,5-6H2,1-4H3,(H,15,16). The van der Waals surface area contributed by atoms with Gasteiger partial charge < -0.3 is 5.11 Å². The number of hydrogen-bond donors (Lipinski definition) is 1. The molecule has 1 N–H and O–H groups in total. The van der Waals surface area contributed by atoms with Crippen LogP contribution in [0.5, 0.6) is 0 Å². The lowest BCUT2D eigenvalue weighted by Gasteiger charge is -2.13. The summed E-state index contributed by atoms with van der Waals surface area (Å²) in [5, 5.41) is 9.04. The van der Waals surface area contributed by atoms with Crippen LogP contribution in [0, 0.1) is 13.8 Å². The molecule has 17 heavy (non-hydrogen) atoms. The normalized spacial score (nSPS) is 12.5. The van der Waals surface area contributed by atoms with E-state index in [1.165, 1.54) is 0 Å². The molecule has 1 unspecified atom stereocenters. The molecular weight excluding hydrogens is 236 g/mol. The SMILES string of the molecule is CCSCc1nc(C)c(C(C)C(=O)O)c(C)n1. The van der Waals surface area contributed by atoms with Crippen LogP contribution >= 0.6 is 11.8 Å². The third-order valence-corrected chi connectivity index (χ3v) is 3.48.